The largest absolute Gasteiger partial charge is 0.270 e. The zero-order valence-electron chi connectivity index (χ0n) is 14.1. The second-order valence-corrected chi connectivity index (χ2v) is 6.66. The molecule has 2 aromatic heterocycles. The van der Waals surface area contributed by atoms with Crippen molar-refractivity contribution in [2.24, 2.45) is 0 Å². The van der Waals surface area contributed by atoms with E-state index in [2.05, 4.69) is 57.9 Å². The van der Waals surface area contributed by atoms with Crippen molar-refractivity contribution < 1.29 is 0 Å². The number of hydrogen-bond donors (Lipinski definition) is 0. The Kier molecular flexibility index (Phi) is 5.64. The number of aromatic nitrogens is 4. The highest BCUT2D eigenvalue weighted by Gasteiger charge is 2.15. The summed E-state index contributed by atoms with van der Waals surface area (Å²) in [5, 5.41) is 9.83. The maximum atomic E-state index is 4.45. The van der Waals surface area contributed by atoms with Gasteiger partial charge in [-0.3, -0.25) is 9.55 Å². The van der Waals surface area contributed by atoms with Crippen LogP contribution in [0.3, 0.4) is 0 Å². The third kappa shape index (κ3) is 3.67. The van der Waals surface area contributed by atoms with Gasteiger partial charge in [0.15, 0.2) is 11.0 Å². The van der Waals surface area contributed by atoms with Crippen LogP contribution in [-0.2, 0) is 6.42 Å². The molecule has 0 saturated carbocycles. The van der Waals surface area contributed by atoms with Gasteiger partial charge in [0.25, 0.3) is 0 Å². The number of thioether (sulfide) groups is 1. The lowest BCUT2D eigenvalue weighted by molar-refractivity contribution is 0.865. The minimum Gasteiger partial charge on any atom is -0.270 e. The van der Waals surface area contributed by atoms with E-state index < -0.39 is 0 Å². The molecule has 4 nitrogen and oxygen atoms in total. The van der Waals surface area contributed by atoms with Gasteiger partial charge in [0, 0.05) is 29.4 Å². The van der Waals surface area contributed by atoms with Gasteiger partial charge in [-0.1, -0.05) is 44.2 Å². The number of benzene rings is 1. The molecule has 0 N–H and O–H groups in total. The summed E-state index contributed by atoms with van der Waals surface area (Å²) in [6, 6.07) is 12.6. The van der Waals surface area contributed by atoms with Crippen LogP contribution in [0.4, 0.5) is 0 Å². The number of unbranched alkanes of at least 4 members (excludes halogenated alkanes) is 1. The summed E-state index contributed by atoms with van der Waals surface area (Å²) in [6.45, 7) is 4.37. The van der Waals surface area contributed by atoms with Crippen LogP contribution in [0.2, 0.25) is 0 Å². The molecule has 0 unspecified atom stereocenters. The molecule has 1 aromatic carbocycles. The molecular weight excluding hydrogens is 316 g/mol. The zero-order valence-corrected chi connectivity index (χ0v) is 15.0. The van der Waals surface area contributed by atoms with Crippen molar-refractivity contribution in [3.05, 3.63) is 54.4 Å². The molecule has 0 aliphatic rings. The van der Waals surface area contributed by atoms with Crippen molar-refractivity contribution >= 4 is 11.8 Å². The van der Waals surface area contributed by atoms with Gasteiger partial charge in [-0.25, -0.2) is 0 Å². The molecule has 24 heavy (non-hydrogen) atoms. The van der Waals surface area contributed by atoms with Gasteiger partial charge in [-0.15, -0.1) is 10.2 Å². The van der Waals surface area contributed by atoms with Crippen LogP contribution in [0.15, 0.2) is 53.9 Å². The Morgan fingerprint density at radius 3 is 2.38 bits per heavy atom. The van der Waals surface area contributed by atoms with E-state index in [0.29, 0.717) is 0 Å². The lowest BCUT2D eigenvalue weighted by Crippen LogP contribution is -2.00. The molecule has 0 aliphatic carbocycles. The van der Waals surface area contributed by atoms with E-state index in [1.807, 2.05) is 12.1 Å². The highest BCUT2D eigenvalue weighted by Crippen LogP contribution is 2.28. The van der Waals surface area contributed by atoms with Crippen molar-refractivity contribution in [3.8, 4) is 17.1 Å². The van der Waals surface area contributed by atoms with Crippen LogP contribution in [0.5, 0.6) is 0 Å². The van der Waals surface area contributed by atoms with E-state index >= 15 is 0 Å². The van der Waals surface area contributed by atoms with Gasteiger partial charge in [0.05, 0.1) is 0 Å². The molecule has 124 valence electrons. The predicted molar refractivity (Wildman–Crippen MR) is 99.6 cm³/mol. The topological polar surface area (TPSA) is 43.6 Å². The van der Waals surface area contributed by atoms with Crippen LogP contribution in [0, 0.1) is 0 Å². The molecule has 0 saturated heterocycles. The minimum atomic E-state index is 0.862. The molecule has 0 aliphatic heterocycles. The monoisotopic (exact) mass is 338 g/mol. The smallest absolute Gasteiger partial charge is 0.196 e. The number of hydrogen-bond acceptors (Lipinski definition) is 4. The average molecular weight is 338 g/mol. The van der Waals surface area contributed by atoms with E-state index in [1.54, 1.807) is 24.2 Å². The van der Waals surface area contributed by atoms with Gasteiger partial charge in [0.1, 0.15) is 0 Å². The maximum Gasteiger partial charge on any atom is 0.196 e. The van der Waals surface area contributed by atoms with Crippen molar-refractivity contribution in [1.82, 2.24) is 19.7 Å². The van der Waals surface area contributed by atoms with E-state index in [9.17, 15) is 0 Å². The summed E-state index contributed by atoms with van der Waals surface area (Å²) in [7, 11) is 0. The van der Waals surface area contributed by atoms with Gasteiger partial charge >= 0.3 is 0 Å². The van der Waals surface area contributed by atoms with Gasteiger partial charge in [-0.2, -0.15) is 0 Å². The molecule has 0 amide bonds. The molecule has 0 radical (unpaired) electrons. The zero-order chi connectivity index (χ0) is 16.8. The molecule has 3 aromatic rings. The number of nitrogens with zero attached hydrogens (tertiary/aromatic N) is 4. The maximum absolute atomic E-state index is 4.45. The summed E-state index contributed by atoms with van der Waals surface area (Å²) >= 11 is 1.77. The first-order valence-corrected chi connectivity index (χ1v) is 9.40. The number of pyridine rings is 1. The van der Waals surface area contributed by atoms with Crippen LogP contribution < -0.4 is 0 Å². The van der Waals surface area contributed by atoms with Crippen LogP contribution >= 0.6 is 11.8 Å². The van der Waals surface area contributed by atoms with Crippen molar-refractivity contribution in [2.45, 2.75) is 38.3 Å². The Hall–Kier alpha value is -2.14. The second kappa shape index (κ2) is 8.11. The standard InChI is InChI=1S/C19H22N4S/c1-3-5-14-24-19-22-21-18(16-10-12-20-13-11-16)23(19)17-8-6-15(4-2)7-9-17/h6-13H,3-5,14H2,1-2H3. The third-order valence-electron chi connectivity index (χ3n) is 3.90. The van der Waals surface area contributed by atoms with Crippen molar-refractivity contribution in [2.75, 3.05) is 5.75 Å². The molecule has 5 heteroatoms. The highest BCUT2D eigenvalue weighted by atomic mass is 32.2. The Morgan fingerprint density at radius 2 is 1.71 bits per heavy atom. The van der Waals surface area contributed by atoms with Gasteiger partial charge < -0.3 is 0 Å². The third-order valence-corrected chi connectivity index (χ3v) is 4.92. The lowest BCUT2D eigenvalue weighted by atomic mass is 10.1. The Morgan fingerprint density at radius 1 is 0.958 bits per heavy atom. The second-order valence-electron chi connectivity index (χ2n) is 5.60. The minimum absolute atomic E-state index is 0.862. The Balaban J connectivity index is 2.03. The fourth-order valence-corrected chi connectivity index (χ4v) is 3.51. The van der Waals surface area contributed by atoms with Crippen LogP contribution in [0.25, 0.3) is 17.1 Å². The normalized spacial score (nSPS) is 10.9. The molecule has 0 atom stereocenters. The Bertz CT molecular complexity index is 766. The van der Waals surface area contributed by atoms with Crippen LogP contribution in [-0.4, -0.2) is 25.5 Å². The molecule has 2 heterocycles. The first-order chi connectivity index (χ1) is 11.8. The summed E-state index contributed by atoms with van der Waals surface area (Å²) in [4.78, 5) is 4.10. The predicted octanol–water partition coefficient (Wildman–Crippen LogP) is 4.78. The highest BCUT2D eigenvalue weighted by molar-refractivity contribution is 7.99. The summed E-state index contributed by atoms with van der Waals surface area (Å²) in [5.41, 5.74) is 3.46. The summed E-state index contributed by atoms with van der Waals surface area (Å²) < 4.78 is 2.15. The van der Waals surface area contributed by atoms with Gasteiger partial charge in [0.2, 0.25) is 0 Å². The fraction of sp³-hybridized carbons (Fsp3) is 0.316. The van der Waals surface area contributed by atoms with Crippen molar-refractivity contribution in [1.29, 1.82) is 0 Å². The van der Waals surface area contributed by atoms with E-state index in [0.717, 1.165) is 34.4 Å². The number of rotatable bonds is 7. The van der Waals surface area contributed by atoms with E-state index in [1.165, 1.54) is 18.4 Å². The quantitative estimate of drug-likeness (QED) is 0.459. The molecule has 0 spiro atoms. The first-order valence-electron chi connectivity index (χ1n) is 8.41. The van der Waals surface area contributed by atoms with E-state index in [4.69, 9.17) is 0 Å². The first kappa shape index (κ1) is 16.7. The molecule has 3 rings (SSSR count). The van der Waals surface area contributed by atoms with Crippen LogP contribution in [0.1, 0.15) is 32.3 Å². The lowest BCUT2D eigenvalue weighted by Gasteiger charge is -2.11. The molecule has 0 fully saturated rings. The van der Waals surface area contributed by atoms with Crippen molar-refractivity contribution in [3.63, 3.8) is 0 Å². The van der Waals surface area contributed by atoms with E-state index in [-0.39, 0.29) is 0 Å². The van der Waals surface area contributed by atoms with Gasteiger partial charge in [-0.05, 0) is 42.7 Å². The summed E-state index contributed by atoms with van der Waals surface area (Å²) in [6.07, 6.45) is 6.98. The Labute approximate surface area is 147 Å². The fourth-order valence-electron chi connectivity index (χ4n) is 2.47. The SMILES string of the molecule is CCCCSc1nnc(-c2ccncc2)n1-c1ccc(CC)cc1. The summed E-state index contributed by atoms with van der Waals surface area (Å²) in [5.74, 6) is 1.92. The average Bonchev–Trinajstić information content (AvgIpc) is 3.06. The molecular formula is C19H22N4S. The molecule has 0 bridgehead atoms. The number of aryl methyl sites for hydroxylation is 1.